The number of aliphatic hydroxyl groups is 1. The summed E-state index contributed by atoms with van der Waals surface area (Å²) in [5.41, 5.74) is 18.7. The molecule has 0 bridgehead atoms. The van der Waals surface area contributed by atoms with Gasteiger partial charge in [-0.3, -0.25) is 29.0 Å². The van der Waals surface area contributed by atoms with Crippen molar-refractivity contribution in [3.05, 3.63) is 95.6 Å². The molecule has 0 aliphatic heterocycles. The molecule has 0 radical (unpaired) electrons. The van der Waals surface area contributed by atoms with Gasteiger partial charge in [-0.2, -0.15) is 12.6 Å². The molecule has 324 valence electrons. The number of carbonyl (C=O) groups is 6. The first-order valence-corrected chi connectivity index (χ1v) is 19.5. The number of hydrogen-bond acceptors (Lipinski definition) is 12. The van der Waals surface area contributed by atoms with Gasteiger partial charge in [-0.1, -0.05) is 54.6 Å². The molecule has 3 aromatic carbocycles. The second kappa shape index (κ2) is 23.9. The van der Waals surface area contributed by atoms with Crippen LogP contribution in [0.25, 0.3) is 0 Å². The molecule has 7 atom stereocenters. The Bertz CT molecular complexity index is 1930. The number of guanidine groups is 1. The molecule has 0 aromatic heterocycles. The van der Waals surface area contributed by atoms with Gasteiger partial charge in [0.15, 0.2) is 5.96 Å². The van der Waals surface area contributed by atoms with Crippen molar-refractivity contribution in [2.45, 2.75) is 81.4 Å². The van der Waals surface area contributed by atoms with Crippen LogP contribution in [0.2, 0.25) is 0 Å². The molecule has 60 heavy (non-hydrogen) atoms. The number of aromatic hydroxyl groups is 2. The summed E-state index contributed by atoms with van der Waals surface area (Å²) in [6.07, 6.45) is -1.67. The Morgan fingerprint density at radius 1 is 0.633 bits per heavy atom. The Kier molecular flexibility index (Phi) is 19.1. The number of carboxylic acids is 1. The van der Waals surface area contributed by atoms with Gasteiger partial charge in [0.2, 0.25) is 29.5 Å². The lowest BCUT2D eigenvalue weighted by molar-refractivity contribution is -0.142. The first-order chi connectivity index (χ1) is 28.5. The second-order valence-corrected chi connectivity index (χ2v) is 14.3. The van der Waals surface area contributed by atoms with Gasteiger partial charge in [-0.15, -0.1) is 0 Å². The highest BCUT2D eigenvalue weighted by atomic mass is 32.1. The van der Waals surface area contributed by atoms with Crippen molar-refractivity contribution in [1.29, 1.82) is 0 Å². The quantitative estimate of drug-likeness (QED) is 0.0220. The average Bonchev–Trinajstić information content (AvgIpc) is 3.20. The monoisotopic (exact) mass is 851 g/mol. The standard InChI is InChI=1S/C40H53N9O10S/c1-22(50)33(38(57)46-30(19-25-11-15-27(52)16-12-25)36(55)47-31(39(58)59)20-23-6-3-2-4-7-23)49-35(54)29(8-5-17-44-40(42)43)45-37(56)32(21-60)48-34(53)28(41)18-24-9-13-26(51)14-10-24/h2-4,6-7,9-16,22,28-33,50-52,60H,5,8,17-21,41H2,1H3,(H,45,56)(H,46,57)(H,47,55)(H,48,53)(H,49,54)(H,58,59)(H4,42,43,44)/t22-,28+,29+,30+,31+,32+,33+/m1/s1. The van der Waals surface area contributed by atoms with E-state index in [9.17, 15) is 49.2 Å². The lowest BCUT2D eigenvalue weighted by atomic mass is 10.0. The van der Waals surface area contributed by atoms with Gasteiger partial charge < -0.3 is 64.2 Å². The van der Waals surface area contributed by atoms with Crippen LogP contribution in [0.1, 0.15) is 36.5 Å². The number of phenolic OH excluding ortho intramolecular Hbond substituents is 2. The zero-order chi connectivity index (χ0) is 44.4. The lowest BCUT2D eigenvalue weighted by Gasteiger charge is -2.28. The number of aliphatic hydroxyl groups excluding tert-OH is 1. The van der Waals surface area contributed by atoms with Gasteiger partial charge in [-0.25, -0.2) is 4.79 Å². The highest BCUT2D eigenvalue weighted by Crippen LogP contribution is 2.14. The van der Waals surface area contributed by atoms with Crippen molar-refractivity contribution in [3.63, 3.8) is 0 Å². The van der Waals surface area contributed by atoms with Crippen LogP contribution >= 0.6 is 12.6 Å². The van der Waals surface area contributed by atoms with Gasteiger partial charge in [0.05, 0.1) is 12.1 Å². The van der Waals surface area contributed by atoms with Crippen LogP contribution in [0.4, 0.5) is 0 Å². The minimum Gasteiger partial charge on any atom is -0.508 e. The van der Waals surface area contributed by atoms with Gasteiger partial charge in [0.1, 0.15) is 41.7 Å². The van der Waals surface area contributed by atoms with Crippen molar-refractivity contribution in [1.82, 2.24) is 26.6 Å². The maximum absolute atomic E-state index is 13.8. The number of nitrogens with one attached hydrogen (secondary N) is 5. The molecule has 0 saturated heterocycles. The summed E-state index contributed by atoms with van der Waals surface area (Å²) in [5, 5.41) is 52.4. The number of benzene rings is 3. The number of hydrogen-bond donors (Lipinski definition) is 13. The number of rotatable bonds is 23. The van der Waals surface area contributed by atoms with E-state index in [0.29, 0.717) is 16.7 Å². The fraction of sp³-hybridized carbons (Fsp3) is 0.375. The number of phenols is 2. The number of thiol groups is 1. The molecular formula is C40H53N9O10S. The van der Waals surface area contributed by atoms with Crippen molar-refractivity contribution >= 4 is 54.1 Å². The van der Waals surface area contributed by atoms with E-state index in [-0.39, 0.29) is 61.9 Å². The Morgan fingerprint density at radius 2 is 1.10 bits per heavy atom. The molecule has 0 unspecified atom stereocenters. The minimum atomic E-state index is -1.71. The topological polar surface area (TPSA) is 334 Å². The molecule has 0 spiro atoms. The number of aliphatic carboxylic acids is 1. The molecule has 0 aliphatic rings. The molecule has 0 aliphatic carbocycles. The smallest absolute Gasteiger partial charge is 0.326 e. The Balaban J connectivity index is 1.80. The van der Waals surface area contributed by atoms with E-state index in [1.165, 1.54) is 43.3 Å². The third-order valence-corrected chi connectivity index (χ3v) is 9.46. The predicted octanol–water partition coefficient (Wildman–Crippen LogP) is -1.67. The van der Waals surface area contributed by atoms with Crippen LogP contribution < -0.4 is 43.8 Å². The van der Waals surface area contributed by atoms with Crippen molar-refractivity contribution < 1.29 is 49.2 Å². The van der Waals surface area contributed by atoms with E-state index in [1.54, 1.807) is 42.5 Å². The summed E-state index contributed by atoms with van der Waals surface area (Å²) in [6.45, 7) is 1.26. The third kappa shape index (κ3) is 16.1. The largest absolute Gasteiger partial charge is 0.508 e. The second-order valence-electron chi connectivity index (χ2n) is 14.0. The summed E-state index contributed by atoms with van der Waals surface area (Å²) in [7, 11) is 0. The highest BCUT2D eigenvalue weighted by molar-refractivity contribution is 7.80. The third-order valence-electron chi connectivity index (χ3n) is 9.09. The number of amides is 5. The fourth-order valence-electron chi connectivity index (χ4n) is 5.82. The molecule has 0 saturated carbocycles. The first kappa shape index (κ1) is 48.0. The molecule has 20 heteroatoms. The Hall–Kier alpha value is -6.38. The van der Waals surface area contributed by atoms with Crippen molar-refractivity contribution in [2.75, 3.05) is 12.3 Å². The number of nitrogens with two attached hydrogens (primary N) is 3. The van der Waals surface area contributed by atoms with Crippen LogP contribution in [0.5, 0.6) is 11.5 Å². The van der Waals surface area contributed by atoms with E-state index in [4.69, 9.17) is 17.2 Å². The van der Waals surface area contributed by atoms with Crippen LogP contribution in [-0.4, -0.2) is 117 Å². The molecule has 15 N–H and O–H groups in total. The molecule has 0 fully saturated rings. The van der Waals surface area contributed by atoms with Crippen LogP contribution in [0, 0.1) is 0 Å². The van der Waals surface area contributed by atoms with Gasteiger partial charge >= 0.3 is 5.97 Å². The van der Waals surface area contributed by atoms with Crippen LogP contribution in [0.15, 0.2) is 83.9 Å². The molecule has 5 amide bonds. The summed E-state index contributed by atoms with van der Waals surface area (Å²) in [6, 6.07) is 12.0. The Morgan fingerprint density at radius 3 is 1.63 bits per heavy atom. The summed E-state index contributed by atoms with van der Waals surface area (Å²) in [4.78, 5) is 83.8. The summed E-state index contributed by atoms with van der Waals surface area (Å²) in [5.74, 6) is -6.16. The molecule has 3 rings (SSSR count). The maximum atomic E-state index is 13.8. The lowest BCUT2D eigenvalue weighted by Crippen LogP contribution is -2.61. The maximum Gasteiger partial charge on any atom is 0.326 e. The number of carboxylic acid groups (broad SMARTS) is 1. The van der Waals surface area contributed by atoms with Crippen molar-refractivity contribution in [3.8, 4) is 11.5 Å². The summed E-state index contributed by atoms with van der Waals surface area (Å²) < 4.78 is 0. The van der Waals surface area contributed by atoms with Crippen molar-refractivity contribution in [2.24, 2.45) is 22.2 Å². The van der Waals surface area contributed by atoms with Crippen LogP contribution in [0.3, 0.4) is 0 Å². The number of aliphatic imine (C=N–C) groups is 1. The summed E-state index contributed by atoms with van der Waals surface area (Å²) >= 11 is 4.19. The van der Waals surface area contributed by atoms with E-state index in [2.05, 4.69) is 44.2 Å². The van der Waals surface area contributed by atoms with E-state index < -0.39 is 77.9 Å². The van der Waals surface area contributed by atoms with Crippen LogP contribution in [-0.2, 0) is 48.0 Å². The zero-order valence-electron chi connectivity index (χ0n) is 32.9. The van der Waals surface area contributed by atoms with Gasteiger partial charge in [-0.05, 0) is 67.1 Å². The molecule has 19 nitrogen and oxygen atoms in total. The average molecular weight is 852 g/mol. The molecular weight excluding hydrogens is 799 g/mol. The predicted molar refractivity (Wildman–Crippen MR) is 224 cm³/mol. The van der Waals surface area contributed by atoms with E-state index in [0.717, 1.165) is 0 Å². The normalized spacial score (nSPS) is 14.4. The molecule has 0 heterocycles. The minimum absolute atomic E-state index is 0.0314. The number of carbonyl (C=O) groups excluding carboxylic acids is 5. The SMILES string of the molecule is C[C@@H](O)[C@H](NC(=O)[C@H](CCCN=C(N)N)NC(=O)[C@H](CS)NC(=O)[C@@H](N)Cc1ccc(O)cc1)C(=O)N[C@@H](Cc1ccc(O)cc1)C(=O)N[C@@H](Cc1ccccc1)C(=O)O. The Labute approximate surface area is 352 Å². The van der Waals surface area contributed by atoms with E-state index in [1.807, 2.05) is 0 Å². The molecule has 3 aromatic rings. The van der Waals surface area contributed by atoms with Gasteiger partial charge in [0, 0.05) is 25.1 Å². The zero-order valence-corrected chi connectivity index (χ0v) is 33.8. The fourth-order valence-corrected chi connectivity index (χ4v) is 6.07. The van der Waals surface area contributed by atoms with Gasteiger partial charge in [0.25, 0.3) is 0 Å². The van der Waals surface area contributed by atoms with E-state index >= 15 is 0 Å². The highest BCUT2D eigenvalue weighted by Gasteiger charge is 2.34. The first-order valence-electron chi connectivity index (χ1n) is 18.9. The number of nitrogens with zero attached hydrogens (tertiary/aromatic N) is 1.